The summed E-state index contributed by atoms with van der Waals surface area (Å²) in [4.78, 5) is 50.5. The van der Waals surface area contributed by atoms with Crippen molar-refractivity contribution in [1.82, 2.24) is 0 Å². The summed E-state index contributed by atoms with van der Waals surface area (Å²) in [5.74, 6) is 0.949. The molecule has 0 saturated carbocycles. The lowest BCUT2D eigenvalue weighted by Crippen LogP contribution is -2.29. The van der Waals surface area contributed by atoms with E-state index in [0.717, 1.165) is 48.2 Å². The van der Waals surface area contributed by atoms with E-state index in [2.05, 4.69) is 42.5 Å². The fourth-order valence-electron chi connectivity index (χ4n) is 6.94. The van der Waals surface area contributed by atoms with Crippen molar-refractivity contribution in [3.8, 4) is 45.3 Å². The summed E-state index contributed by atoms with van der Waals surface area (Å²) in [5.41, 5.74) is 5.11. The predicted molar refractivity (Wildman–Crippen MR) is 209 cm³/mol. The van der Waals surface area contributed by atoms with E-state index in [-0.39, 0.29) is 23.6 Å². The van der Waals surface area contributed by atoms with Gasteiger partial charge in [0.25, 0.3) is 23.6 Å². The molecule has 9 rings (SSSR count). The Morgan fingerprint density at radius 3 is 1.28 bits per heavy atom. The van der Waals surface area contributed by atoms with Crippen molar-refractivity contribution in [2.75, 3.05) is 9.80 Å². The van der Waals surface area contributed by atoms with E-state index in [1.54, 1.807) is 48.5 Å². The Morgan fingerprint density at radius 2 is 0.778 bits per heavy atom. The molecule has 0 N–H and O–H groups in total. The first-order valence-corrected chi connectivity index (χ1v) is 17.2. The molecule has 0 aliphatic carbocycles. The Labute approximate surface area is 309 Å². The highest BCUT2D eigenvalue weighted by Gasteiger charge is 2.26. The smallest absolute Gasteiger partial charge is 0.258 e. The topological polar surface area (TPSA) is 93.2 Å². The lowest BCUT2D eigenvalue weighted by atomic mass is 9.88. The van der Waals surface area contributed by atoms with Crippen LogP contribution in [0.5, 0.6) is 23.0 Å². The monoisotopic (exact) mass is 704 g/mol. The van der Waals surface area contributed by atoms with Crippen molar-refractivity contribution < 1.29 is 28.7 Å². The Bertz CT molecular complexity index is 2680. The van der Waals surface area contributed by atoms with Crippen molar-refractivity contribution in [2.24, 2.45) is 0 Å². The molecule has 54 heavy (non-hydrogen) atoms. The van der Waals surface area contributed by atoms with Gasteiger partial charge in [-0.1, -0.05) is 72.8 Å². The molecule has 2 heterocycles. The molecule has 7 aromatic carbocycles. The third kappa shape index (κ3) is 5.87. The standard InChI is InChI=1S/C46H28N2O6/c49-42-25-26-43(50)47(42)32-10-18-36(19-11-32)53-34-14-5-30(6-15-34)39-23-24-40-38-4-2-1-3-29(38)9-22-41(40)46(39)31-7-16-35(17-8-31)54-37-20-12-33(13-21-37)48-44(51)27-28-45(48)52/h1-28H. The van der Waals surface area contributed by atoms with Crippen LogP contribution < -0.4 is 19.3 Å². The van der Waals surface area contributed by atoms with Crippen molar-refractivity contribution in [1.29, 1.82) is 0 Å². The van der Waals surface area contributed by atoms with Gasteiger partial charge in [0.05, 0.1) is 11.4 Å². The average Bonchev–Trinajstić information content (AvgIpc) is 3.73. The predicted octanol–water partition coefficient (Wildman–Crippen LogP) is 9.77. The van der Waals surface area contributed by atoms with Crippen LogP contribution in [0.2, 0.25) is 0 Å². The van der Waals surface area contributed by atoms with Crippen molar-refractivity contribution >= 4 is 56.5 Å². The molecule has 2 aliphatic rings. The van der Waals surface area contributed by atoms with Crippen LogP contribution in [0.4, 0.5) is 11.4 Å². The van der Waals surface area contributed by atoms with Gasteiger partial charge in [-0.15, -0.1) is 0 Å². The lowest BCUT2D eigenvalue weighted by molar-refractivity contribution is -0.121. The maximum Gasteiger partial charge on any atom is 0.258 e. The minimum Gasteiger partial charge on any atom is -0.457 e. The maximum atomic E-state index is 12.1. The zero-order valence-electron chi connectivity index (χ0n) is 28.5. The van der Waals surface area contributed by atoms with E-state index in [1.807, 2.05) is 54.6 Å². The number of imide groups is 2. The van der Waals surface area contributed by atoms with Gasteiger partial charge >= 0.3 is 0 Å². The zero-order valence-corrected chi connectivity index (χ0v) is 28.5. The number of hydrogen-bond acceptors (Lipinski definition) is 6. The molecule has 0 bridgehead atoms. The van der Waals surface area contributed by atoms with Gasteiger partial charge in [0.15, 0.2) is 0 Å². The highest BCUT2D eigenvalue weighted by molar-refractivity contribution is 6.28. The van der Waals surface area contributed by atoms with E-state index in [0.29, 0.717) is 34.4 Å². The first-order chi connectivity index (χ1) is 26.4. The number of benzene rings is 7. The van der Waals surface area contributed by atoms with Gasteiger partial charge in [0.1, 0.15) is 23.0 Å². The number of ether oxygens (including phenoxy) is 2. The number of amides is 4. The number of carbonyl (C=O) groups excluding carboxylic acids is 4. The average molecular weight is 705 g/mol. The first-order valence-electron chi connectivity index (χ1n) is 17.2. The molecule has 0 spiro atoms. The van der Waals surface area contributed by atoms with Crippen LogP contribution in [0.3, 0.4) is 0 Å². The van der Waals surface area contributed by atoms with Gasteiger partial charge in [0, 0.05) is 24.3 Å². The molecule has 8 nitrogen and oxygen atoms in total. The summed E-state index contributed by atoms with van der Waals surface area (Å²) in [6, 6.07) is 46.5. The number of hydrogen-bond donors (Lipinski definition) is 0. The molecule has 0 saturated heterocycles. The van der Waals surface area contributed by atoms with E-state index < -0.39 is 0 Å². The van der Waals surface area contributed by atoms with Gasteiger partial charge in [-0.25, -0.2) is 9.80 Å². The summed E-state index contributed by atoms with van der Waals surface area (Å²) >= 11 is 0. The summed E-state index contributed by atoms with van der Waals surface area (Å²) in [7, 11) is 0. The van der Waals surface area contributed by atoms with E-state index in [9.17, 15) is 19.2 Å². The van der Waals surface area contributed by atoms with E-state index in [4.69, 9.17) is 9.47 Å². The fourth-order valence-corrected chi connectivity index (χ4v) is 6.94. The van der Waals surface area contributed by atoms with Crippen LogP contribution >= 0.6 is 0 Å². The maximum absolute atomic E-state index is 12.1. The molecule has 0 fully saturated rings. The summed E-state index contributed by atoms with van der Waals surface area (Å²) < 4.78 is 12.3. The van der Waals surface area contributed by atoms with Gasteiger partial charge in [-0.3, -0.25) is 19.2 Å². The second-order valence-electron chi connectivity index (χ2n) is 12.8. The number of rotatable bonds is 8. The van der Waals surface area contributed by atoms with Crippen molar-refractivity contribution in [3.63, 3.8) is 0 Å². The molecular formula is C46H28N2O6. The van der Waals surface area contributed by atoms with Gasteiger partial charge in [0.2, 0.25) is 0 Å². The minimum absolute atomic E-state index is 0.368. The molecule has 2 aliphatic heterocycles. The van der Waals surface area contributed by atoms with Crippen LogP contribution in [0.25, 0.3) is 43.8 Å². The highest BCUT2D eigenvalue weighted by atomic mass is 16.5. The van der Waals surface area contributed by atoms with Gasteiger partial charge in [-0.2, -0.15) is 0 Å². The first kappa shape index (κ1) is 32.3. The minimum atomic E-state index is -0.369. The van der Waals surface area contributed by atoms with Crippen LogP contribution in [-0.2, 0) is 19.2 Å². The molecule has 258 valence electrons. The highest BCUT2D eigenvalue weighted by Crippen LogP contribution is 2.42. The van der Waals surface area contributed by atoms with Crippen molar-refractivity contribution in [2.45, 2.75) is 0 Å². The molecule has 0 aromatic heterocycles. The quantitative estimate of drug-likeness (QED) is 0.116. The number of fused-ring (bicyclic) bond motifs is 3. The molecule has 0 unspecified atom stereocenters. The van der Waals surface area contributed by atoms with Crippen LogP contribution in [0.1, 0.15) is 0 Å². The molecular weight excluding hydrogens is 677 g/mol. The van der Waals surface area contributed by atoms with Crippen LogP contribution in [0.15, 0.2) is 170 Å². The molecule has 8 heteroatoms. The van der Waals surface area contributed by atoms with Gasteiger partial charge < -0.3 is 9.47 Å². The van der Waals surface area contributed by atoms with Crippen LogP contribution in [-0.4, -0.2) is 23.6 Å². The second kappa shape index (κ2) is 13.2. The third-order valence-corrected chi connectivity index (χ3v) is 9.51. The normalized spacial score (nSPS) is 13.9. The Kier molecular flexibility index (Phi) is 7.90. The zero-order chi connectivity index (χ0) is 36.8. The third-order valence-electron chi connectivity index (χ3n) is 9.51. The molecule has 7 aromatic rings. The lowest BCUT2D eigenvalue weighted by Gasteiger charge is -2.17. The Balaban J connectivity index is 1.01. The summed E-state index contributed by atoms with van der Waals surface area (Å²) in [6.45, 7) is 0. The SMILES string of the molecule is O=C1C=CC(=O)N1c1ccc(Oc2ccc(-c3ccc4c(ccc5ccccc54)c3-c3ccc(Oc4ccc(N5C(=O)C=CC5=O)cc4)cc3)cc2)cc1. The number of anilines is 2. The molecule has 4 amide bonds. The van der Waals surface area contributed by atoms with E-state index >= 15 is 0 Å². The number of nitrogens with zero attached hydrogens (tertiary/aromatic N) is 2. The summed E-state index contributed by atoms with van der Waals surface area (Å²) in [6.07, 6.45) is 5.03. The fraction of sp³-hybridized carbons (Fsp3) is 0. The van der Waals surface area contributed by atoms with Gasteiger partial charge in [-0.05, 0) is 117 Å². The second-order valence-corrected chi connectivity index (χ2v) is 12.8. The largest absolute Gasteiger partial charge is 0.457 e. The Morgan fingerprint density at radius 1 is 0.352 bits per heavy atom. The number of carbonyl (C=O) groups is 4. The van der Waals surface area contributed by atoms with E-state index in [1.165, 1.54) is 29.7 Å². The summed E-state index contributed by atoms with van der Waals surface area (Å²) in [5, 5.41) is 4.59. The molecule has 0 atom stereocenters. The molecule has 0 radical (unpaired) electrons. The van der Waals surface area contributed by atoms with Crippen LogP contribution in [0, 0.1) is 0 Å². The Hall–Kier alpha value is -7.58. The van der Waals surface area contributed by atoms with Crippen molar-refractivity contribution in [3.05, 3.63) is 170 Å².